The van der Waals surface area contributed by atoms with Gasteiger partial charge in [-0.2, -0.15) is 0 Å². The van der Waals surface area contributed by atoms with Gasteiger partial charge in [0.2, 0.25) is 0 Å². The van der Waals surface area contributed by atoms with Crippen LogP contribution in [-0.4, -0.2) is 57.8 Å². The van der Waals surface area contributed by atoms with Gasteiger partial charge >= 0.3 is 0 Å². The summed E-state index contributed by atoms with van der Waals surface area (Å²) in [5.74, 6) is 0.682. The zero-order chi connectivity index (χ0) is 21.6. The van der Waals surface area contributed by atoms with E-state index in [1.54, 1.807) is 13.1 Å². The number of guanidine groups is 1. The van der Waals surface area contributed by atoms with Gasteiger partial charge in [0.1, 0.15) is 4.21 Å². The molecule has 1 aliphatic heterocycles. The summed E-state index contributed by atoms with van der Waals surface area (Å²) in [4.78, 5) is 7.69. The summed E-state index contributed by atoms with van der Waals surface area (Å²) in [6.45, 7) is 4.63. The van der Waals surface area contributed by atoms with Crippen molar-refractivity contribution in [1.29, 1.82) is 0 Å². The van der Waals surface area contributed by atoms with Crippen molar-refractivity contribution in [3.8, 4) is 0 Å². The lowest BCUT2D eigenvalue weighted by molar-refractivity contribution is 0.331. The van der Waals surface area contributed by atoms with E-state index in [-0.39, 0.29) is 24.0 Å². The van der Waals surface area contributed by atoms with E-state index in [0.29, 0.717) is 23.3 Å². The van der Waals surface area contributed by atoms with Crippen LogP contribution in [0.25, 0.3) is 0 Å². The number of halogens is 1. The molecule has 0 unspecified atom stereocenters. The SMILES string of the molecule is CN=C(NCc1ccc(CN2CCCC2)cc1)NCc1ccc(S(=O)(=O)N(C)C)s1.I. The molecular formula is C21H32IN5O2S2. The van der Waals surface area contributed by atoms with E-state index < -0.39 is 10.0 Å². The highest BCUT2D eigenvalue weighted by Gasteiger charge is 2.19. The van der Waals surface area contributed by atoms with Crippen molar-refractivity contribution in [2.75, 3.05) is 34.2 Å². The fourth-order valence-corrected chi connectivity index (χ4v) is 5.77. The molecule has 0 saturated carbocycles. The zero-order valence-corrected chi connectivity index (χ0v) is 22.3. The van der Waals surface area contributed by atoms with Gasteiger partial charge in [0.25, 0.3) is 10.0 Å². The Balaban J connectivity index is 0.00000341. The lowest BCUT2D eigenvalue weighted by Crippen LogP contribution is -2.36. The lowest BCUT2D eigenvalue weighted by atomic mass is 10.1. The van der Waals surface area contributed by atoms with Crippen LogP contribution in [0, 0.1) is 0 Å². The molecule has 2 N–H and O–H groups in total. The second-order valence-electron chi connectivity index (χ2n) is 7.59. The van der Waals surface area contributed by atoms with Gasteiger partial charge in [-0.05, 0) is 49.2 Å². The molecule has 2 heterocycles. The summed E-state index contributed by atoms with van der Waals surface area (Å²) in [5.41, 5.74) is 2.54. The lowest BCUT2D eigenvalue weighted by Gasteiger charge is -2.15. The summed E-state index contributed by atoms with van der Waals surface area (Å²) in [5, 5.41) is 6.55. The molecule has 10 heteroatoms. The van der Waals surface area contributed by atoms with Gasteiger partial charge in [-0.1, -0.05) is 24.3 Å². The first-order valence-corrected chi connectivity index (χ1v) is 12.4. The number of sulfonamides is 1. The van der Waals surface area contributed by atoms with Crippen molar-refractivity contribution in [3.05, 3.63) is 52.4 Å². The monoisotopic (exact) mass is 577 g/mol. The minimum absolute atomic E-state index is 0. The number of thiophene rings is 1. The minimum atomic E-state index is -3.38. The van der Waals surface area contributed by atoms with Crippen molar-refractivity contribution in [2.24, 2.45) is 4.99 Å². The number of nitrogens with zero attached hydrogens (tertiary/aromatic N) is 3. The molecule has 31 heavy (non-hydrogen) atoms. The van der Waals surface area contributed by atoms with Crippen LogP contribution < -0.4 is 10.6 Å². The number of benzene rings is 1. The van der Waals surface area contributed by atoms with Gasteiger partial charge in [-0.15, -0.1) is 35.3 Å². The standard InChI is InChI=1S/C21H31N5O2S2.HI/c1-22-21(24-15-19-10-11-20(29-19)30(27,28)25(2)3)23-14-17-6-8-18(9-7-17)16-26-12-4-5-13-26;/h6-11H,4-5,12-16H2,1-3H3,(H2,22,23,24);1H. The van der Waals surface area contributed by atoms with Gasteiger partial charge in [0.15, 0.2) is 5.96 Å². The van der Waals surface area contributed by atoms with E-state index in [1.807, 2.05) is 6.07 Å². The quantitative estimate of drug-likeness (QED) is 0.287. The molecular weight excluding hydrogens is 545 g/mol. The first kappa shape index (κ1) is 26.0. The predicted octanol–water partition coefficient (Wildman–Crippen LogP) is 3.08. The molecule has 1 aromatic carbocycles. The second-order valence-corrected chi connectivity index (χ2v) is 11.1. The molecule has 0 amide bonds. The summed E-state index contributed by atoms with van der Waals surface area (Å²) >= 11 is 1.27. The Hall–Kier alpha value is -1.21. The maximum atomic E-state index is 12.2. The Morgan fingerprint density at radius 1 is 1.03 bits per heavy atom. The first-order chi connectivity index (χ1) is 14.4. The Morgan fingerprint density at radius 2 is 1.65 bits per heavy atom. The van der Waals surface area contributed by atoms with Crippen molar-refractivity contribution in [1.82, 2.24) is 19.8 Å². The maximum Gasteiger partial charge on any atom is 0.252 e. The molecule has 0 aliphatic carbocycles. The normalized spacial score (nSPS) is 15.2. The van der Waals surface area contributed by atoms with Crippen LogP contribution >= 0.6 is 35.3 Å². The van der Waals surface area contributed by atoms with Crippen LogP contribution in [0.5, 0.6) is 0 Å². The summed E-state index contributed by atoms with van der Waals surface area (Å²) < 4.78 is 26.0. The zero-order valence-electron chi connectivity index (χ0n) is 18.3. The average molecular weight is 578 g/mol. The molecule has 1 aromatic heterocycles. The fraction of sp³-hybridized carbons (Fsp3) is 0.476. The Morgan fingerprint density at radius 3 is 2.26 bits per heavy atom. The molecule has 1 saturated heterocycles. The maximum absolute atomic E-state index is 12.2. The molecule has 2 aromatic rings. The topological polar surface area (TPSA) is 77.0 Å². The van der Waals surface area contributed by atoms with E-state index in [9.17, 15) is 8.42 Å². The summed E-state index contributed by atoms with van der Waals surface area (Å²) in [7, 11) is 1.42. The van der Waals surface area contributed by atoms with E-state index in [2.05, 4.69) is 44.8 Å². The Bertz CT molecular complexity index is 952. The fourth-order valence-electron chi connectivity index (χ4n) is 3.31. The number of hydrogen-bond acceptors (Lipinski definition) is 5. The number of rotatable bonds is 8. The molecule has 3 rings (SSSR count). The van der Waals surface area contributed by atoms with Crippen molar-refractivity contribution < 1.29 is 8.42 Å². The highest BCUT2D eigenvalue weighted by molar-refractivity contribution is 14.0. The van der Waals surface area contributed by atoms with E-state index in [1.165, 1.54) is 66.8 Å². The third kappa shape index (κ3) is 7.41. The number of nitrogens with one attached hydrogen (secondary N) is 2. The van der Waals surface area contributed by atoms with Gasteiger partial charge in [-0.25, -0.2) is 12.7 Å². The summed E-state index contributed by atoms with van der Waals surface area (Å²) in [6, 6.07) is 12.2. The third-order valence-corrected chi connectivity index (χ3v) is 8.48. The van der Waals surface area contributed by atoms with Crippen LogP contribution in [0.1, 0.15) is 28.8 Å². The Labute approximate surface area is 207 Å². The molecule has 1 fully saturated rings. The largest absolute Gasteiger partial charge is 0.352 e. The van der Waals surface area contributed by atoms with Crippen LogP contribution in [0.15, 0.2) is 45.6 Å². The van der Waals surface area contributed by atoms with Gasteiger partial charge in [-0.3, -0.25) is 9.89 Å². The number of aliphatic imine (C=N–C) groups is 1. The smallest absolute Gasteiger partial charge is 0.252 e. The van der Waals surface area contributed by atoms with Crippen molar-refractivity contribution in [3.63, 3.8) is 0 Å². The Kier molecular flexibility index (Phi) is 10.2. The van der Waals surface area contributed by atoms with E-state index in [0.717, 1.165) is 11.4 Å². The van der Waals surface area contributed by atoms with Crippen LogP contribution in [-0.2, 0) is 29.7 Å². The van der Waals surface area contributed by atoms with E-state index >= 15 is 0 Å². The molecule has 0 radical (unpaired) electrons. The van der Waals surface area contributed by atoms with Crippen LogP contribution in [0.3, 0.4) is 0 Å². The third-order valence-electron chi connectivity index (χ3n) is 5.11. The average Bonchev–Trinajstić information content (AvgIpc) is 3.41. The van der Waals surface area contributed by atoms with Crippen molar-refractivity contribution >= 4 is 51.3 Å². The predicted molar refractivity (Wildman–Crippen MR) is 139 cm³/mol. The molecule has 1 aliphatic rings. The molecule has 7 nitrogen and oxygen atoms in total. The summed E-state index contributed by atoms with van der Waals surface area (Å²) in [6.07, 6.45) is 2.62. The molecule has 0 bridgehead atoms. The van der Waals surface area contributed by atoms with E-state index in [4.69, 9.17) is 0 Å². The van der Waals surface area contributed by atoms with Gasteiger partial charge in [0.05, 0.1) is 6.54 Å². The highest BCUT2D eigenvalue weighted by atomic mass is 127. The van der Waals surface area contributed by atoms with Gasteiger partial charge in [0, 0.05) is 39.1 Å². The number of hydrogen-bond donors (Lipinski definition) is 2. The minimum Gasteiger partial charge on any atom is -0.352 e. The second kappa shape index (κ2) is 12.1. The molecule has 172 valence electrons. The molecule has 0 atom stereocenters. The number of likely N-dealkylation sites (tertiary alicyclic amines) is 1. The molecule has 0 spiro atoms. The van der Waals surface area contributed by atoms with Crippen LogP contribution in [0.4, 0.5) is 0 Å². The van der Waals surface area contributed by atoms with Crippen molar-refractivity contribution in [2.45, 2.75) is 36.7 Å². The first-order valence-electron chi connectivity index (χ1n) is 10.1. The van der Waals surface area contributed by atoms with Crippen LogP contribution in [0.2, 0.25) is 0 Å². The van der Waals surface area contributed by atoms with Gasteiger partial charge < -0.3 is 10.6 Å². The highest BCUT2D eigenvalue weighted by Crippen LogP contribution is 2.23.